The quantitative estimate of drug-likeness (QED) is 0.236. The summed E-state index contributed by atoms with van der Waals surface area (Å²) in [4.78, 5) is 24.6. The van der Waals surface area contributed by atoms with Crippen LogP contribution in [0.2, 0.25) is 19.6 Å². The summed E-state index contributed by atoms with van der Waals surface area (Å²) < 4.78 is 33.1. The van der Waals surface area contributed by atoms with Gasteiger partial charge in [-0.2, -0.15) is 0 Å². The Kier molecular flexibility index (Phi) is 7.46. The molecule has 3 saturated carbocycles. The normalized spacial score (nSPS) is 50.7. The zero-order valence-corrected chi connectivity index (χ0v) is 28.8. The number of fused-ring (bicyclic) bond motifs is 7. The third-order valence-corrected chi connectivity index (χ3v) is 13.7. The van der Waals surface area contributed by atoms with Crippen LogP contribution in [0.15, 0.2) is 11.6 Å². The summed E-state index contributed by atoms with van der Waals surface area (Å²) in [6.07, 6.45) is 8.52. The fourth-order valence-electron chi connectivity index (χ4n) is 10.8. The van der Waals surface area contributed by atoms with Crippen molar-refractivity contribution in [1.29, 1.82) is 0 Å². The molecule has 6 rings (SSSR count). The Hall–Kier alpha value is -1.26. The van der Waals surface area contributed by atoms with E-state index in [2.05, 4.69) is 46.5 Å². The van der Waals surface area contributed by atoms with Crippen molar-refractivity contribution in [2.75, 3.05) is 6.61 Å². The lowest BCUT2D eigenvalue weighted by Gasteiger charge is -2.63. The van der Waals surface area contributed by atoms with Crippen LogP contribution in [0.4, 0.5) is 0 Å². The molecule has 0 bridgehead atoms. The zero-order valence-electron chi connectivity index (χ0n) is 27.8. The molecule has 2 heterocycles. The highest BCUT2D eigenvalue weighted by Crippen LogP contribution is 2.72. The van der Waals surface area contributed by atoms with Gasteiger partial charge < -0.3 is 28.5 Å². The second-order valence-electron chi connectivity index (χ2n) is 16.5. The number of hydrogen-bond acceptors (Lipinski definition) is 8. The van der Waals surface area contributed by atoms with Gasteiger partial charge in [0.2, 0.25) is 0 Å². The molecule has 0 radical (unpaired) electrons. The van der Waals surface area contributed by atoms with Crippen molar-refractivity contribution in [3.63, 3.8) is 0 Å². The first-order valence-electron chi connectivity index (χ1n) is 16.7. The standard InChI is InChI=1S/C34H54O8Si/c1-20-33(15-14-30(4,37)19-38-33)41-29-18-27-25-11-10-23-16-24(39-21(2)35)12-13-31(23,5)26(25)17-28(40-22(3)36)32(27,6)34(20,29)42-43(7,8)9/h18,20,23-26,28-29,37H,10-17,19H2,1-9H3/t20-,23+,24+,25-,26+,28-,29+,30+,31+,32-,33-,34-/m1/s1. The Morgan fingerprint density at radius 1 is 0.977 bits per heavy atom. The fraction of sp³-hybridized carbons (Fsp3) is 0.882. The van der Waals surface area contributed by atoms with Crippen molar-refractivity contribution in [3.05, 3.63) is 11.6 Å². The molecule has 5 fully saturated rings. The minimum absolute atomic E-state index is 0.00887. The molecule has 4 aliphatic carbocycles. The van der Waals surface area contributed by atoms with Gasteiger partial charge in [0.1, 0.15) is 23.9 Å². The third-order valence-electron chi connectivity index (χ3n) is 12.7. The first kappa shape index (κ1) is 31.7. The molecule has 0 aromatic carbocycles. The van der Waals surface area contributed by atoms with Crippen LogP contribution in [0.3, 0.4) is 0 Å². The van der Waals surface area contributed by atoms with Gasteiger partial charge in [0.25, 0.3) is 0 Å². The van der Waals surface area contributed by atoms with Gasteiger partial charge in [-0.05, 0) is 102 Å². The number of rotatable bonds is 4. The summed E-state index contributed by atoms with van der Waals surface area (Å²) in [6.45, 7) is 18.7. The number of carbonyl (C=O) groups is 2. The maximum Gasteiger partial charge on any atom is 0.302 e. The molecule has 242 valence electrons. The van der Waals surface area contributed by atoms with Crippen LogP contribution >= 0.6 is 0 Å². The molecule has 2 aliphatic heterocycles. The van der Waals surface area contributed by atoms with Crippen molar-refractivity contribution in [1.82, 2.24) is 0 Å². The highest BCUT2D eigenvalue weighted by molar-refractivity contribution is 6.69. The van der Waals surface area contributed by atoms with E-state index >= 15 is 0 Å². The highest BCUT2D eigenvalue weighted by atomic mass is 28.4. The van der Waals surface area contributed by atoms with E-state index in [1.54, 1.807) is 0 Å². The third kappa shape index (κ3) is 4.73. The molecule has 0 amide bonds. The second-order valence-corrected chi connectivity index (χ2v) is 21.0. The monoisotopic (exact) mass is 618 g/mol. The average Bonchev–Trinajstić information content (AvgIpc) is 3.25. The maximum atomic E-state index is 12.8. The van der Waals surface area contributed by atoms with Gasteiger partial charge in [-0.25, -0.2) is 0 Å². The minimum Gasteiger partial charge on any atom is -0.463 e. The van der Waals surface area contributed by atoms with E-state index in [1.165, 1.54) is 19.4 Å². The van der Waals surface area contributed by atoms with E-state index in [-0.39, 0.29) is 48.2 Å². The Morgan fingerprint density at radius 3 is 2.28 bits per heavy atom. The largest absolute Gasteiger partial charge is 0.463 e. The zero-order chi connectivity index (χ0) is 31.4. The Bertz CT molecular complexity index is 1180. The van der Waals surface area contributed by atoms with E-state index in [1.807, 2.05) is 6.92 Å². The molecule has 0 aromatic heterocycles. The lowest BCUT2D eigenvalue weighted by atomic mass is 9.44. The fourth-order valence-corrected chi connectivity index (χ4v) is 12.3. The van der Waals surface area contributed by atoms with Gasteiger partial charge in [0.15, 0.2) is 14.1 Å². The molecule has 8 nitrogen and oxygen atoms in total. The Labute approximate surface area is 258 Å². The topological polar surface area (TPSA) is 101 Å². The lowest BCUT2D eigenvalue weighted by Crippen LogP contribution is -2.68. The van der Waals surface area contributed by atoms with Gasteiger partial charge in [0.05, 0.1) is 17.6 Å². The van der Waals surface area contributed by atoms with E-state index in [0.717, 1.165) is 38.5 Å². The smallest absolute Gasteiger partial charge is 0.302 e. The van der Waals surface area contributed by atoms with Crippen LogP contribution in [0.5, 0.6) is 0 Å². The maximum absolute atomic E-state index is 12.8. The highest BCUT2D eigenvalue weighted by Gasteiger charge is 2.78. The van der Waals surface area contributed by atoms with Crippen molar-refractivity contribution in [2.24, 2.45) is 34.5 Å². The van der Waals surface area contributed by atoms with E-state index in [0.29, 0.717) is 30.6 Å². The van der Waals surface area contributed by atoms with Gasteiger partial charge in [0, 0.05) is 26.2 Å². The Balaban J connectivity index is 1.43. The van der Waals surface area contributed by atoms with Crippen molar-refractivity contribution in [3.8, 4) is 0 Å². The summed E-state index contributed by atoms with van der Waals surface area (Å²) in [5, 5.41) is 10.7. The molecular formula is C34H54O8Si. The van der Waals surface area contributed by atoms with E-state index in [9.17, 15) is 14.7 Å². The van der Waals surface area contributed by atoms with E-state index in [4.69, 9.17) is 23.4 Å². The molecule has 43 heavy (non-hydrogen) atoms. The van der Waals surface area contributed by atoms with Gasteiger partial charge >= 0.3 is 11.9 Å². The predicted octanol–water partition coefficient (Wildman–Crippen LogP) is 5.92. The summed E-state index contributed by atoms with van der Waals surface area (Å²) in [7, 11) is -2.17. The van der Waals surface area contributed by atoms with Crippen molar-refractivity contribution in [2.45, 2.75) is 148 Å². The van der Waals surface area contributed by atoms with Gasteiger partial charge in [-0.3, -0.25) is 9.59 Å². The number of aliphatic hydroxyl groups is 1. The molecule has 12 atom stereocenters. The molecule has 2 saturated heterocycles. The molecule has 1 N–H and O–H groups in total. The lowest BCUT2D eigenvalue weighted by molar-refractivity contribution is -0.289. The number of esters is 2. The van der Waals surface area contributed by atoms with Gasteiger partial charge in [-0.1, -0.05) is 25.5 Å². The molecular weight excluding hydrogens is 564 g/mol. The van der Waals surface area contributed by atoms with Crippen LogP contribution in [0.1, 0.15) is 92.9 Å². The summed E-state index contributed by atoms with van der Waals surface area (Å²) >= 11 is 0. The van der Waals surface area contributed by atoms with Crippen LogP contribution in [-0.2, 0) is 33.0 Å². The number of carbonyl (C=O) groups excluding carboxylic acids is 2. The van der Waals surface area contributed by atoms with Crippen LogP contribution in [0, 0.1) is 34.5 Å². The first-order valence-corrected chi connectivity index (χ1v) is 20.1. The second kappa shape index (κ2) is 10.1. The minimum atomic E-state index is -2.17. The molecule has 0 aromatic rings. The van der Waals surface area contributed by atoms with Crippen LogP contribution < -0.4 is 0 Å². The summed E-state index contributed by atoms with van der Waals surface area (Å²) in [5.74, 6) is -0.320. The van der Waals surface area contributed by atoms with Crippen LogP contribution in [-0.4, -0.2) is 67.3 Å². The van der Waals surface area contributed by atoms with E-state index < -0.39 is 30.7 Å². The summed E-state index contributed by atoms with van der Waals surface area (Å²) in [5.41, 5.74) is -0.827. The number of ether oxygens (including phenoxy) is 4. The SMILES string of the molecule is CC(=O)O[C@H]1CC[C@@]2(C)[C@@H](CC[C@H]3C4=C[C@@H]5O[C@]6(CC[C@](C)(O)CO6)[C@@H](C)[C@]5(O[Si](C)(C)C)[C@@]4(C)[C@H](OC(C)=O)C[C@@H]32)C1. The van der Waals surface area contributed by atoms with Crippen LogP contribution in [0.25, 0.3) is 0 Å². The molecule has 9 heteroatoms. The molecule has 1 spiro atoms. The average molecular weight is 619 g/mol. The number of hydrogen-bond donors (Lipinski definition) is 1. The molecule has 0 unspecified atom stereocenters. The molecule has 6 aliphatic rings. The van der Waals surface area contributed by atoms with Gasteiger partial charge in [-0.15, -0.1) is 0 Å². The Morgan fingerprint density at radius 2 is 1.67 bits per heavy atom. The van der Waals surface area contributed by atoms with Crippen molar-refractivity contribution < 1.29 is 38.1 Å². The first-order chi connectivity index (χ1) is 19.9. The summed E-state index contributed by atoms with van der Waals surface area (Å²) in [6, 6.07) is 0. The predicted molar refractivity (Wildman–Crippen MR) is 163 cm³/mol. The van der Waals surface area contributed by atoms with Crippen molar-refractivity contribution >= 4 is 20.3 Å².